The summed E-state index contributed by atoms with van der Waals surface area (Å²) >= 11 is 6.29. The van der Waals surface area contributed by atoms with E-state index in [1.54, 1.807) is 36.1 Å². The summed E-state index contributed by atoms with van der Waals surface area (Å²) in [4.78, 5) is 32.1. The molecule has 4 aromatic rings. The van der Waals surface area contributed by atoms with E-state index in [0.29, 0.717) is 46.2 Å². The van der Waals surface area contributed by atoms with Gasteiger partial charge in [0.25, 0.3) is 11.5 Å². The summed E-state index contributed by atoms with van der Waals surface area (Å²) < 4.78 is 15.3. The topological polar surface area (TPSA) is 70.5 Å². The minimum absolute atomic E-state index is 0.188. The number of hydrogen-bond donors (Lipinski definition) is 1. The largest absolute Gasteiger partial charge is 0.332 e. The number of benzene rings is 2. The quantitative estimate of drug-likeness (QED) is 0.516. The van der Waals surface area contributed by atoms with Crippen LogP contribution in [0.1, 0.15) is 27.2 Å². The smallest absolute Gasteiger partial charge is 0.276 e. The van der Waals surface area contributed by atoms with E-state index in [1.165, 1.54) is 10.6 Å². The van der Waals surface area contributed by atoms with Gasteiger partial charge in [0.1, 0.15) is 5.82 Å². The summed E-state index contributed by atoms with van der Waals surface area (Å²) in [5.74, 6) is -0.696. The molecule has 2 aromatic heterocycles. The van der Waals surface area contributed by atoms with Crippen molar-refractivity contribution in [3.05, 3.63) is 92.1 Å². The number of fused-ring (bicyclic) bond motifs is 2. The van der Waals surface area contributed by atoms with Crippen LogP contribution in [0, 0.1) is 12.7 Å². The summed E-state index contributed by atoms with van der Waals surface area (Å²) in [6.07, 6.45) is 0.380. The lowest BCUT2D eigenvalue weighted by Crippen LogP contribution is -2.39. The van der Waals surface area contributed by atoms with Gasteiger partial charge in [-0.05, 0) is 37.1 Å². The first kappa shape index (κ1) is 19.5. The number of H-pyrrole nitrogens is 1. The Kier molecular flexibility index (Phi) is 4.63. The van der Waals surface area contributed by atoms with Crippen molar-refractivity contribution in [3.8, 4) is 11.3 Å². The molecule has 1 aliphatic rings. The molecule has 0 atom stereocenters. The lowest BCUT2D eigenvalue weighted by atomic mass is 10.0. The second-order valence-corrected chi connectivity index (χ2v) is 8.03. The van der Waals surface area contributed by atoms with Gasteiger partial charge in [0.2, 0.25) is 0 Å². The number of halogens is 2. The molecular weight excluding hydrogens is 419 g/mol. The number of aromatic amines is 1. The first-order chi connectivity index (χ1) is 14.9. The molecular formula is C23H18ClFN4O2. The van der Waals surface area contributed by atoms with Crippen molar-refractivity contribution in [1.29, 1.82) is 0 Å². The molecule has 6 nitrogen and oxygen atoms in total. The molecule has 0 aliphatic carbocycles. The van der Waals surface area contributed by atoms with E-state index in [4.69, 9.17) is 11.6 Å². The second-order valence-electron chi connectivity index (χ2n) is 7.63. The third-order valence-electron chi connectivity index (χ3n) is 5.64. The van der Waals surface area contributed by atoms with Gasteiger partial charge in [-0.25, -0.2) is 13.9 Å². The molecule has 1 N–H and O–H groups in total. The SMILES string of the molecule is Cc1ccc(C(=O)N2CCc3c(nc4cc(-c5ccccc5Cl)[nH]n4c3=O)C2)cc1F. The molecule has 0 fully saturated rings. The molecule has 1 aliphatic heterocycles. The fourth-order valence-corrected chi connectivity index (χ4v) is 4.13. The predicted molar refractivity (Wildman–Crippen MR) is 116 cm³/mol. The Morgan fingerprint density at radius 3 is 2.77 bits per heavy atom. The number of nitrogens with one attached hydrogen (secondary N) is 1. The summed E-state index contributed by atoms with van der Waals surface area (Å²) in [5, 5.41) is 3.64. The minimum atomic E-state index is -0.416. The number of aryl methyl sites for hydroxylation is 1. The van der Waals surface area contributed by atoms with Crippen LogP contribution in [0.2, 0.25) is 5.02 Å². The van der Waals surface area contributed by atoms with Crippen LogP contribution in [0.25, 0.3) is 16.9 Å². The van der Waals surface area contributed by atoms with Gasteiger partial charge in [0.15, 0.2) is 5.65 Å². The average Bonchev–Trinajstić information content (AvgIpc) is 3.19. The number of carbonyl (C=O) groups is 1. The third-order valence-corrected chi connectivity index (χ3v) is 5.97. The van der Waals surface area contributed by atoms with Gasteiger partial charge >= 0.3 is 0 Å². The maximum absolute atomic E-state index is 13.9. The lowest BCUT2D eigenvalue weighted by Gasteiger charge is -2.27. The number of aromatic nitrogens is 3. The zero-order valence-electron chi connectivity index (χ0n) is 16.7. The Morgan fingerprint density at radius 1 is 1.19 bits per heavy atom. The molecule has 0 radical (unpaired) electrons. The van der Waals surface area contributed by atoms with Crippen LogP contribution in [-0.4, -0.2) is 31.9 Å². The van der Waals surface area contributed by atoms with E-state index < -0.39 is 5.82 Å². The zero-order valence-corrected chi connectivity index (χ0v) is 17.4. The molecule has 0 unspecified atom stereocenters. The highest BCUT2D eigenvalue weighted by Crippen LogP contribution is 2.27. The first-order valence-electron chi connectivity index (χ1n) is 9.86. The van der Waals surface area contributed by atoms with E-state index in [9.17, 15) is 14.0 Å². The average molecular weight is 437 g/mol. The van der Waals surface area contributed by atoms with Gasteiger partial charge < -0.3 is 4.90 Å². The normalized spacial score (nSPS) is 13.5. The summed E-state index contributed by atoms with van der Waals surface area (Å²) in [6.45, 7) is 2.21. The molecule has 2 aromatic carbocycles. The number of rotatable bonds is 2. The minimum Gasteiger partial charge on any atom is -0.332 e. The Morgan fingerprint density at radius 2 is 2.00 bits per heavy atom. The second kappa shape index (κ2) is 7.35. The van der Waals surface area contributed by atoms with Gasteiger partial charge in [-0.2, -0.15) is 0 Å². The number of hydrogen-bond acceptors (Lipinski definition) is 3. The molecule has 0 saturated heterocycles. The standard InChI is InChI=1S/C23H18ClFN4O2/c1-13-6-7-14(10-18(13)25)22(30)28-9-8-16-20(12-28)26-21-11-19(27-29(21)23(16)31)15-4-2-3-5-17(15)24/h2-7,10-11,27H,8-9,12H2,1H3. The molecule has 0 bridgehead atoms. The van der Waals surface area contributed by atoms with E-state index in [1.807, 2.05) is 18.2 Å². The molecule has 156 valence electrons. The zero-order chi connectivity index (χ0) is 21.7. The van der Waals surface area contributed by atoms with E-state index in [-0.39, 0.29) is 23.6 Å². The number of carbonyl (C=O) groups excluding carboxylic acids is 1. The maximum atomic E-state index is 13.9. The lowest BCUT2D eigenvalue weighted by molar-refractivity contribution is 0.0731. The van der Waals surface area contributed by atoms with Gasteiger partial charge in [-0.15, -0.1) is 0 Å². The van der Waals surface area contributed by atoms with Crippen LogP contribution in [0.3, 0.4) is 0 Å². The first-order valence-corrected chi connectivity index (χ1v) is 10.2. The van der Waals surface area contributed by atoms with Crippen LogP contribution in [-0.2, 0) is 13.0 Å². The van der Waals surface area contributed by atoms with E-state index >= 15 is 0 Å². The van der Waals surface area contributed by atoms with E-state index in [2.05, 4.69) is 10.1 Å². The van der Waals surface area contributed by atoms with Gasteiger partial charge in [0, 0.05) is 34.3 Å². The Balaban J connectivity index is 1.51. The van der Waals surface area contributed by atoms with Crippen LogP contribution in [0.15, 0.2) is 53.3 Å². The van der Waals surface area contributed by atoms with Crippen LogP contribution < -0.4 is 5.56 Å². The van der Waals surface area contributed by atoms with Crippen molar-refractivity contribution < 1.29 is 9.18 Å². The Bertz CT molecular complexity index is 1410. The fraction of sp³-hybridized carbons (Fsp3) is 0.174. The number of nitrogens with zero attached hydrogens (tertiary/aromatic N) is 3. The van der Waals surface area contributed by atoms with Crippen LogP contribution >= 0.6 is 11.6 Å². The molecule has 8 heteroatoms. The predicted octanol–water partition coefficient (Wildman–Crippen LogP) is 3.99. The van der Waals surface area contributed by atoms with Gasteiger partial charge in [-0.1, -0.05) is 35.9 Å². The van der Waals surface area contributed by atoms with Crippen molar-refractivity contribution >= 4 is 23.2 Å². The monoisotopic (exact) mass is 436 g/mol. The van der Waals surface area contributed by atoms with E-state index in [0.717, 1.165) is 5.56 Å². The van der Waals surface area contributed by atoms with Gasteiger partial charge in [-0.3, -0.25) is 14.7 Å². The molecule has 0 saturated carbocycles. The van der Waals surface area contributed by atoms with Crippen molar-refractivity contribution in [1.82, 2.24) is 19.5 Å². The van der Waals surface area contributed by atoms with Crippen molar-refractivity contribution in [2.75, 3.05) is 6.54 Å². The molecule has 0 spiro atoms. The molecule has 3 heterocycles. The van der Waals surface area contributed by atoms with Crippen LogP contribution in [0.5, 0.6) is 0 Å². The molecule has 31 heavy (non-hydrogen) atoms. The number of amides is 1. The Labute approximate surface area is 181 Å². The highest BCUT2D eigenvalue weighted by molar-refractivity contribution is 6.33. The Hall–Kier alpha value is -3.45. The van der Waals surface area contributed by atoms with Crippen molar-refractivity contribution in [2.45, 2.75) is 19.9 Å². The molecule has 1 amide bonds. The van der Waals surface area contributed by atoms with Crippen molar-refractivity contribution in [3.63, 3.8) is 0 Å². The van der Waals surface area contributed by atoms with Gasteiger partial charge in [0.05, 0.1) is 17.9 Å². The summed E-state index contributed by atoms with van der Waals surface area (Å²) in [5.41, 5.74) is 3.62. The third kappa shape index (κ3) is 3.31. The fourth-order valence-electron chi connectivity index (χ4n) is 3.89. The highest BCUT2D eigenvalue weighted by Gasteiger charge is 2.26. The van der Waals surface area contributed by atoms with Crippen molar-refractivity contribution in [2.24, 2.45) is 0 Å². The molecule has 5 rings (SSSR count). The van der Waals surface area contributed by atoms with Crippen LogP contribution in [0.4, 0.5) is 4.39 Å². The summed E-state index contributed by atoms with van der Waals surface area (Å²) in [7, 11) is 0. The maximum Gasteiger partial charge on any atom is 0.276 e. The highest BCUT2D eigenvalue weighted by atomic mass is 35.5. The summed E-state index contributed by atoms with van der Waals surface area (Å²) in [6, 6.07) is 13.6.